The summed E-state index contributed by atoms with van der Waals surface area (Å²) in [7, 11) is 7.54. The number of hydrogen-bond donors (Lipinski definition) is 2. The van der Waals surface area contributed by atoms with Crippen LogP contribution in [0.25, 0.3) is 0 Å². The fraction of sp³-hybridized carbons (Fsp3) is 0.600. The summed E-state index contributed by atoms with van der Waals surface area (Å²) in [6, 6.07) is 6.95. The molecule has 0 spiro atoms. The molecule has 1 aromatic heterocycles. The van der Waals surface area contributed by atoms with Crippen LogP contribution in [-0.2, 0) is 19.4 Å². The van der Waals surface area contributed by atoms with Crippen molar-refractivity contribution in [2.24, 2.45) is 0 Å². The third-order valence-electron chi connectivity index (χ3n) is 6.72. The molecule has 0 atom stereocenters. The Morgan fingerprint density at radius 2 is 1.72 bits per heavy atom. The van der Waals surface area contributed by atoms with E-state index in [1.807, 2.05) is 12.1 Å². The second-order valence-corrected chi connectivity index (χ2v) is 9.15. The molecule has 0 saturated heterocycles. The van der Waals surface area contributed by atoms with Gasteiger partial charge in [-0.1, -0.05) is 6.07 Å². The maximum atomic E-state index is 5.53. The van der Waals surface area contributed by atoms with E-state index in [1.165, 1.54) is 24.1 Å². The highest BCUT2D eigenvalue weighted by atomic mass is 16.5. The van der Waals surface area contributed by atoms with Crippen molar-refractivity contribution in [2.45, 2.75) is 70.0 Å². The standard InChI is InChI=1S/C25H37N5O2/c1-30(2)24-21-7-5-6-8-22(21)28-25(29-24)27-19-12-10-18(11-13-19)26-16-17-9-14-20(31-3)15-23(17)32-4/h9,14-15,18-19,26H,5-8,10-13,16H2,1-4H3,(H,27,28,29)/t18-,19+. The van der Waals surface area contributed by atoms with Gasteiger partial charge in [0.25, 0.3) is 0 Å². The number of nitrogens with one attached hydrogen (secondary N) is 2. The predicted octanol–water partition coefficient (Wildman–Crippen LogP) is 3.95. The minimum atomic E-state index is 0.431. The van der Waals surface area contributed by atoms with E-state index in [9.17, 15) is 0 Å². The molecule has 0 amide bonds. The van der Waals surface area contributed by atoms with Crippen LogP contribution in [0.5, 0.6) is 11.5 Å². The normalized spacial score (nSPS) is 20.4. The van der Waals surface area contributed by atoms with Gasteiger partial charge in [-0.15, -0.1) is 0 Å². The average Bonchev–Trinajstić information content (AvgIpc) is 2.83. The molecule has 4 rings (SSSR count). The first-order valence-corrected chi connectivity index (χ1v) is 11.8. The predicted molar refractivity (Wildman–Crippen MR) is 129 cm³/mol. The van der Waals surface area contributed by atoms with Gasteiger partial charge in [0.2, 0.25) is 5.95 Å². The molecule has 2 N–H and O–H groups in total. The maximum Gasteiger partial charge on any atom is 0.225 e. The van der Waals surface area contributed by atoms with Gasteiger partial charge in [0.05, 0.1) is 19.9 Å². The molecule has 174 valence electrons. The molecule has 2 aliphatic carbocycles. The van der Waals surface area contributed by atoms with E-state index in [2.05, 4.69) is 35.7 Å². The van der Waals surface area contributed by atoms with Gasteiger partial charge in [-0.25, -0.2) is 4.98 Å². The number of benzene rings is 1. The quantitative estimate of drug-likeness (QED) is 0.645. The Balaban J connectivity index is 1.31. The number of aryl methyl sites for hydroxylation is 1. The highest BCUT2D eigenvalue weighted by Gasteiger charge is 2.24. The number of rotatable bonds is 8. The zero-order valence-corrected chi connectivity index (χ0v) is 19.9. The third-order valence-corrected chi connectivity index (χ3v) is 6.72. The van der Waals surface area contributed by atoms with Crippen molar-refractivity contribution in [1.82, 2.24) is 15.3 Å². The van der Waals surface area contributed by atoms with Crippen molar-refractivity contribution < 1.29 is 9.47 Å². The Labute approximate surface area is 191 Å². The van der Waals surface area contributed by atoms with Crippen LogP contribution < -0.4 is 25.0 Å². The number of ether oxygens (including phenoxy) is 2. The second-order valence-electron chi connectivity index (χ2n) is 9.15. The first-order valence-electron chi connectivity index (χ1n) is 11.8. The summed E-state index contributed by atoms with van der Waals surface area (Å²) < 4.78 is 10.8. The highest BCUT2D eigenvalue weighted by molar-refractivity contribution is 5.53. The van der Waals surface area contributed by atoms with E-state index in [4.69, 9.17) is 19.4 Å². The molecule has 1 heterocycles. The summed E-state index contributed by atoms with van der Waals surface area (Å²) in [5.41, 5.74) is 3.74. The fourth-order valence-corrected chi connectivity index (χ4v) is 4.89. The molecule has 7 nitrogen and oxygen atoms in total. The second kappa shape index (κ2) is 10.4. The van der Waals surface area contributed by atoms with Crippen LogP contribution in [0.1, 0.15) is 55.3 Å². The van der Waals surface area contributed by atoms with Gasteiger partial charge < -0.3 is 25.0 Å². The Morgan fingerprint density at radius 1 is 0.969 bits per heavy atom. The molecule has 0 radical (unpaired) electrons. The van der Waals surface area contributed by atoms with E-state index < -0.39 is 0 Å². The number of anilines is 2. The molecule has 1 saturated carbocycles. The monoisotopic (exact) mass is 439 g/mol. The molecular formula is C25H37N5O2. The summed E-state index contributed by atoms with van der Waals surface area (Å²) in [5.74, 6) is 3.57. The van der Waals surface area contributed by atoms with E-state index >= 15 is 0 Å². The minimum Gasteiger partial charge on any atom is -0.497 e. The molecule has 32 heavy (non-hydrogen) atoms. The fourth-order valence-electron chi connectivity index (χ4n) is 4.89. The van der Waals surface area contributed by atoms with Gasteiger partial charge in [0.1, 0.15) is 17.3 Å². The van der Waals surface area contributed by atoms with Crippen molar-refractivity contribution in [3.63, 3.8) is 0 Å². The topological polar surface area (TPSA) is 71.5 Å². The number of aromatic nitrogens is 2. The Morgan fingerprint density at radius 3 is 2.44 bits per heavy atom. The summed E-state index contributed by atoms with van der Waals surface area (Å²) in [4.78, 5) is 11.9. The lowest BCUT2D eigenvalue weighted by Gasteiger charge is -2.31. The van der Waals surface area contributed by atoms with Gasteiger partial charge >= 0.3 is 0 Å². The van der Waals surface area contributed by atoms with Gasteiger partial charge in [-0.05, 0) is 57.4 Å². The lowest BCUT2D eigenvalue weighted by Crippen LogP contribution is -2.37. The van der Waals surface area contributed by atoms with E-state index in [1.54, 1.807) is 14.2 Å². The van der Waals surface area contributed by atoms with Crippen LogP contribution in [0.2, 0.25) is 0 Å². The first-order chi connectivity index (χ1) is 15.6. The zero-order valence-electron chi connectivity index (χ0n) is 19.9. The van der Waals surface area contributed by atoms with Crippen LogP contribution in [-0.4, -0.2) is 50.4 Å². The lowest BCUT2D eigenvalue weighted by molar-refractivity contribution is 0.347. The van der Waals surface area contributed by atoms with Crippen LogP contribution >= 0.6 is 0 Å². The molecule has 0 aliphatic heterocycles. The van der Waals surface area contributed by atoms with Crippen LogP contribution in [0.3, 0.4) is 0 Å². The molecule has 1 fully saturated rings. The van der Waals surface area contributed by atoms with Crippen LogP contribution in [0.15, 0.2) is 18.2 Å². The lowest BCUT2D eigenvalue weighted by atomic mass is 9.91. The average molecular weight is 440 g/mol. The molecular weight excluding hydrogens is 402 g/mol. The van der Waals surface area contributed by atoms with Crippen LogP contribution in [0, 0.1) is 0 Å². The van der Waals surface area contributed by atoms with Gasteiger partial charge in [-0.3, -0.25) is 0 Å². The van der Waals surface area contributed by atoms with E-state index in [0.29, 0.717) is 12.1 Å². The van der Waals surface area contributed by atoms with E-state index in [-0.39, 0.29) is 0 Å². The van der Waals surface area contributed by atoms with Crippen molar-refractivity contribution in [1.29, 1.82) is 0 Å². The van der Waals surface area contributed by atoms with Gasteiger partial charge in [0.15, 0.2) is 0 Å². The smallest absolute Gasteiger partial charge is 0.225 e. The van der Waals surface area contributed by atoms with Crippen LogP contribution in [0.4, 0.5) is 11.8 Å². The summed E-state index contributed by atoms with van der Waals surface area (Å²) in [6.07, 6.45) is 9.15. The number of methoxy groups -OCH3 is 2. The SMILES string of the molecule is COc1ccc(CN[C@H]2CC[C@@H](Nc3nc4c(c(N(C)C)n3)CCCC4)CC2)c(OC)c1. The molecule has 7 heteroatoms. The zero-order chi connectivity index (χ0) is 22.5. The molecule has 2 aliphatic rings. The Hall–Kier alpha value is -2.54. The van der Waals surface area contributed by atoms with Crippen molar-refractivity contribution in [3.05, 3.63) is 35.0 Å². The van der Waals surface area contributed by atoms with Crippen molar-refractivity contribution in [2.75, 3.05) is 38.5 Å². The van der Waals surface area contributed by atoms with Gasteiger partial charge in [0, 0.05) is 49.9 Å². The number of nitrogens with zero attached hydrogens (tertiary/aromatic N) is 3. The van der Waals surface area contributed by atoms with E-state index in [0.717, 1.165) is 73.9 Å². The summed E-state index contributed by atoms with van der Waals surface area (Å²) in [5, 5.41) is 7.35. The first kappa shape index (κ1) is 22.6. The Kier molecular flexibility index (Phi) is 7.35. The minimum absolute atomic E-state index is 0.431. The highest BCUT2D eigenvalue weighted by Crippen LogP contribution is 2.30. The third kappa shape index (κ3) is 5.26. The summed E-state index contributed by atoms with van der Waals surface area (Å²) in [6.45, 7) is 0.802. The van der Waals surface area contributed by atoms with Gasteiger partial charge in [-0.2, -0.15) is 4.98 Å². The molecule has 0 bridgehead atoms. The number of hydrogen-bond acceptors (Lipinski definition) is 7. The maximum absolute atomic E-state index is 5.53. The van der Waals surface area contributed by atoms with Crippen molar-refractivity contribution in [3.8, 4) is 11.5 Å². The van der Waals surface area contributed by atoms with Crippen molar-refractivity contribution >= 4 is 11.8 Å². The Bertz CT molecular complexity index is 909. The largest absolute Gasteiger partial charge is 0.497 e. The molecule has 2 aromatic rings. The summed E-state index contributed by atoms with van der Waals surface area (Å²) >= 11 is 0. The number of fused-ring (bicyclic) bond motifs is 1. The molecule has 1 aromatic carbocycles. The molecule has 0 unspecified atom stereocenters.